The van der Waals surface area contributed by atoms with Gasteiger partial charge in [0.25, 0.3) is 10.0 Å². The minimum absolute atomic E-state index is 0.331. The first-order chi connectivity index (χ1) is 14.1. The summed E-state index contributed by atoms with van der Waals surface area (Å²) in [4.78, 5) is 3.73. The van der Waals surface area contributed by atoms with Crippen LogP contribution in [-0.4, -0.2) is 13.4 Å². The zero-order valence-electron chi connectivity index (χ0n) is 16.0. The zero-order valence-corrected chi connectivity index (χ0v) is 16.8. The number of rotatable bonds is 4. The summed E-state index contributed by atoms with van der Waals surface area (Å²) in [6.45, 7) is 0. The molecule has 1 aliphatic carbocycles. The molecular weight excluding hydrogens is 380 g/mol. The summed E-state index contributed by atoms with van der Waals surface area (Å²) < 4.78 is 28.4. The number of H-pyrrole nitrogens is 1. The third kappa shape index (κ3) is 3.54. The molecule has 5 heteroatoms. The van der Waals surface area contributed by atoms with Crippen molar-refractivity contribution in [3.05, 3.63) is 83.9 Å². The molecule has 0 amide bonds. The van der Waals surface area contributed by atoms with Crippen molar-refractivity contribution in [1.29, 1.82) is 0 Å². The molecule has 0 fully saturated rings. The first kappa shape index (κ1) is 18.0. The number of aromatic nitrogens is 1. The largest absolute Gasteiger partial charge is 0.355 e. The number of para-hydroxylation sites is 1. The summed E-state index contributed by atoms with van der Waals surface area (Å²) in [7, 11) is -3.60. The van der Waals surface area contributed by atoms with Gasteiger partial charge in [-0.2, -0.15) is 0 Å². The normalized spacial score (nSPS) is 13.9. The molecule has 1 heterocycles. The number of aryl methyl sites for hydroxylation is 2. The molecular formula is C24H22N2O2S. The fraction of sp³-hybridized carbons (Fsp3) is 0.167. The van der Waals surface area contributed by atoms with Crippen molar-refractivity contribution in [2.75, 3.05) is 4.72 Å². The molecule has 3 aromatic carbocycles. The third-order valence-corrected chi connectivity index (χ3v) is 6.99. The highest BCUT2D eigenvalue weighted by molar-refractivity contribution is 7.92. The van der Waals surface area contributed by atoms with Crippen molar-refractivity contribution >= 4 is 26.6 Å². The Bertz CT molecular complexity index is 1260. The summed E-state index contributed by atoms with van der Waals surface area (Å²) in [5.41, 5.74) is 6.10. The highest BCUT2D eigenvalue weighted by atomic mass is 32.2. The van der Waals surface area contributed by atoms with Crippen molar-refractivity contribution < 1.29 is 8.42 Å². The topological polar surface area (TPSA) is 62.0 Å². The van der Waals surface area contributed by atoms with Crippen LogP contribution in [0.4, 0.5) is 5.69 Å². The molecule has 0 unspecified atom stereocenters. The minimum Gasteiger partial charge on any atom is -0.355 e. The van der Waals surface area contributed by atoms with E-state index < -0.39 is 10.0 Å². The highest BCUT2D eigenvalue weighted by Gasteiger charge is 2.18. The Hall–Kier alpha value is -3.05. The molecule has 0 bridgehead atoms. The number of aromatic amines is 1. The molecule has 0 spiro atoms. The van der Waals surface area contributed by atoms with Gasteiger partial charge in [-0.25, -0.2) is 8.42 Å². The molecule has 0 saturated heterocycles. The van der Waals surface area contributed by atoms with Gasteiger partial charge in [0.2, 0.25) is 0 Å². The van der Waals surface area contributed by atoms with Crippen molar-refractivity contribution in [1.82, 2.24) is 4.98 Å². The van der Waals surface area contributed by atoms with Crippen LogP contribution in [0.2, 0.25) is 0 Å². The van der Waals surface area contributed by atoms with Gasteiger partial charge in [0, 0.05) is 22.3 Å². The zero-order chi connectivity index (χ0) is 19.8. The van der Waals surface area contributed by atoms with Crippen LogP contribution in [0.25, 0.3) is 22.2 Å². The van der Waals surface area contributed by atoms with E-state index in [-0.39, 0.29) is 0 Å². The number of hydrogen-bond acceptors (Lipinski definition) is 2. The fourth-order valence-corrected chi connectivity index (χ4v) is 5.15. The van der Waals surface area contributed by atoms with Gasteiger partial charge in [0.15, 0.2) is 0 Å². The maximum atomic E-state index is 12.8. The second-order valence-corrected chi connectivity index (χ2v) is 9.27. The van der Waals surface area contributed by atoms with Crippen LogP contribution in [0.5, 0.6) is 0 Å². The van der Waals surface area contributed by atoms with Crippen molar-refractivity contribution in [3.63, 3.8) is 0 Å². The third-order valence-electron chi connectivity index (χ3n) is 5.61. The van der Waals surface area contributed by atoms with Crippen LogP contribution < -0.4 is 4.72 Å². The molecule has 1 aromatic heterocycles. The number of sulfonamides is 1. The first-order valence-electron chi connectivity index (χ1n) is 9.91. The van der Waals surface area contributed by atoms with E-state index in [9.17, 15) is 8.42 Å². The van der Waals surface area contributed by atoms with Crippen molar-refractivity contribution in [3.8, 4) is 11.3 Å². The van der Waals surface area contributed by atoms with E-state index in [0.717, 1.165) is 47.0 Å². The Kier molecular flexibility index (Phi) is 4.40. The van der Waals surface area contributed by atoms with Crippen LogP contribution in [-0.2, 0) is 22.9 Å². The van der Waals surface area contributed by atoms with Gasteiger partial charge in [0.1, 0.15) is 0 Å². The molecule has 4 aromatic rings. The van der Waals surface area contributed by atoms with Crippen molar-refractivity contribution in [2.45, 2.75) is 30.6 Å². The quantitative estimate of drug-likeness (QED) is 0.472. The van der Waals surface area contributed by atoms with Gasteiger partial charge < -0.3 is 4.98 Å². The average molecular weight is 403 g/mol. The summed E-state index contributed by atoms with van der Waals surface area (Å²) in [5.74, 6) is 0. The summed E-state index contributed by atoms with van der Waals surface area (Å²) >= 11 is 0. The molecule has 2 N–H and O–H groups in total. The molecule has 4 nitrogen and oxygen atoms in total. The summed E-state index contributed by atoms with van der Waals surface area (Å²) in [5, 5.41) is 1.15. The maximum Gasteiger partial charge on any atom is 0.261 e. The molecule has 0 saturated carbocycles. The first-order valence-corrected chi connectivity index (χ1v) is 11.4. The van der Waals surface area contributed by atoms with Crippen LogP contribution in [0.15, 0.2) is 77.7 Å². The van der Waals surface area contributed by atoms with Crippen LogP contribution in [0.3, 0.4) is 0 Å². The number of hydrogen-bond donors (Lipinski definition) is 2. The molecule has 29 heavy (non-hydrogen) atoms. The van der Waals surface area contributed by atoms with E-state index in [4.69, 9.17) is 0 Å². The van der Waals surface area contributed by atoms with E-state index in [2.05, 4.69) is 21.8 Å². The van der Waals surface area contributed by atoms with Gasteiger partial charge in [-0.3, -0.25) is 4.72 Å². The predicted octanol–water partition coefficient (Wildman–Crippen LogP) is 5.51. The van der Waals surface area contributed by atoms with Crippen LogP contribution >= 0.6 is 0 Å². The standard InChI is InChI=1S/C24H22N2O2S/c27-29(28,22-14-11-17-5-1-2-6-19(17)15-22)26-21-12-9-18(10-13-21)24-16-20-7-3-4-8-23(20)25-24/h3-4,7-16,25-26H,1-2,5-6H2. The summed E-state index contributed by atoms with van der Waals surface area (Å²) in [6.07, 6.45) is 4.30. The number of anilines is 1. The van der Waals surface area contributed by atoms with Crippen LogP contribution in [0, 0.1) is 0 Å². The average Bonchev–Trinajstić information content (AvgIpc) is 3.18. The van der Waals surface area contributed by atoms with Crippen LogP contribution in [0.1, 0.15) is 24.0 Å². The number of fused-ring (bicyclic) bond motifs is 2. The lowest BCUT2D eigenvalue weighted by molar-refractivity contribution is 0.600. The molecule has 5 rings (SSSR count). The van der Waals surface area contributed by atoms with E-state index in [1.165, 1.54) is 12.0 Å². The van der Waals surface area contributed by atoms with E-state index in [1.807, 2.05) is 42.5 Å². The van der Waals surface area contributed by atoms with Gasteiger partial charge in [-0.1, -0.05) is 36.4 Å². The summed E-state index contributed by atoms with van der Waals surface area (Å²) in [6, 6.07) is 23.2. The molecule has 0 aliphatic heterocycles. The molecule has 146 valence electrons. The monoisotopic (exact) mass is 402 g/mol. The smallest absolute Gasteiger partial charge is 0.261 e. The number of benzene rings is 3. The van der Waals surface area contributed by atoms with Crippen molar-refractivity contribution in [2.24, 2.45) is 0 Å². The van der Waals surface area contributed by atoms with E-state index in [0.29, 0.717) is 10.6 Å². The highest BCUT2D eigenvalue weighted by Crippen LogP contribution is 2.27. The lowest BCUT2D eigenvalue weighted by Gasteiger charge is -2.17. The predicted molar refractivity (Wildman–Crippen MR) is 118 cm³/mol. The Morgan fingerprint density at radius 1 is 0.793 bits per heavy atom. The Balaban J connectivity index is 1.38. The lowest BCUT2D eigenvalue weighted by Crippen LogP contribution is -2.14. The van der Waals surface area contributed by atoms with Gasteiger partial charge >= 0.3 is 0 Å². The Morgan fingerprint density at radius 2 is 1.55 bits per heavy atom. The molecule has 0 radical (unpaired) electrons. The maximum absolute atomic E-state index is 12.8. The second-order valence-electron chi connectivity index (χ2n) is 7.59. The Labute approximate surface area is 170 Å². The van der Waals surface area contributed by atoms with Gasteiger partial charge in [0.05, 0.1) is 4.90 Å². The minimum atomic E-state index is -3.60. The number of nitrogens with one attached hydrogen (secondary N) is 2. The van der Waals surface area contributed by atoms with E-state index >= 15 is 0 Å². The molecule has 1 aliphatic rings. The van der Waals surface area contributed by atoms with Gasteiger partial charge in [-0.05, 0) is 78.8 Å². The van der Waals surface area contributed by atoms with Gasteiger partial charge in [-0.15, -0.1) is 0 Å². The second kappa shape index (κ2) is 7.08. The van der Waals surface area contributed by atoms with E-state index in [1.54, 1.807) is 18.2 Å². The fourth-order valence-electron chi connectivity index (χ4n) is 4.04. The SMILES string of the molecule is O=S(=O)(Nc1ccc(-c2cc3ccccc3[nH]2)cc1)c1ccc2c(c1)CCCC2. The Morgan fingerprint density at radius 3 is 2.34 bits per heavy atom. The lowest BCUT2D eigenvalue weighted by atomic mass is 9.92. The molecule has 0 atom stereocenters.